The van der Waals surface area contributed by atoms with Gasteiger partial charge in [0.05, 0.1) is 12.5 Å². The van der Waals surface area contributed by atoms with Crippen LogP contribution in [0.3, 0.4) is 0 Å². The van der Waals surface area contributed by atoms with Crippen molar-refractivity contribution in [3.8, 4) is 0 Å². The van der Waals surface area contributed by atoms with Gasteiger partial charge in [-0.3, -0.25) is 4.79 Å². The van der Waals surface area contributed by atoms with Crippen LogP contribution in [0, 0.1) is 0 Å². The lowest BCUT2D eigenvalue weighted by Crippen LogP contribution is -2.32. The van der Waals surface area contributed by atoms with Crippen molar-refractivity contribution in [1.82, 2.24) is 14.5 Å². The number of hydrogen-bond acceptors (Lipinski definition) is 3. The van der Waals surface area contributed by atoms with Crippen LogP contribution in [-0.2, 0) is 7.05 Å². The molecule has 0 aromatic carbocycles. The van der Waals surface area contributed by atoms with Gasteiger partial charge < -0.3 is 15.2 Å². The summed E-state index contributed by atoms with van der Waals surface area (Å²) in [7, 11) is 1.82. The van der Waals surface area contributed by atoms with E-state index < -0.39 is 0 Å². The van der Waals surface area contributed by atoms with E-state index in [1.54, 1.807) is 22.0 Å². The molecule has 5 nitrogen and oxygen atoms in total. The van der Waals surface area contributed by atoms with Gasteiger partial charge in [0.15, 0.2) is 0 Å². The molecular weight excluding hydrogens is 180 g/mol. The third kappa shape index (κ3) is 1.50. The number of imidazole rings is 1. The number of nitrogens with two attached hydrogens (primary N) is 1. The lowest BCUT2D eigenvalue weighted by atomic mass is 10.3. The second kappa shape index (κ2) is 3.42. The quantitative estimate of drug-likeness (QED) is 0.661. The highest BCUT2D eigenvalue weighted by molar-refractivity contribution is 5.92. The van der Waals surface area contributed by atoms with E-state index in [0.717, 1.165) is 13.0 Å². The topological polar surface area (TPSA) is 64.2 Å². The van der Waals surface area contributed by atoms with Crippen LogP contribution >= 0.6 is 0 Å². The Balaban J connectivity index is 2.13. The van der Waals surface area contributed by atoms with Crippen LogP contribution in [0.25, 0.3) is 0 Å². The summed E-state index contributed by atoms with van der Waals surface area (Å²) in [6, 6.07) is 0.132. The van der Waals surface area contributed by atoms with Gasteiger partial charge in [0, 0.05) is 26.2 Å². The molecule has 76 valence electrons. The number of nitrogens with zero attached hydrogens (tertiary/aromatic N) is 3. The van der Waals surface area contributed by atoms with E-state index in [1.807, 2.05) is 7.05 Å². The Kier molecular flexibility index (Phi) is 2.25. The summed E-state index contributed by atoms with van der Waals surface area (Å²) in [5, 5.41) is 0. The Bertz CT molecular complexity index is 346. The average molecular weight is 194 g/mol. The minimum Gasteiger partial charge on any atom is -0.336 e. The van der Waals surface area contributed by atoms with Crippen LogP contribution in [0.15, 0.2) is 12.5 Å². The molecule has 1 aliphatic rings. The van der Waals surface area contributed by atoms with Crippen molar-refractivity contribution in [2.45, 2.75) is 12.5 Å². The van der Waals surface area contributed by atoms with Crippen molar-refractivity contribution >= 4 is 5.91 Å². The first-order valence-corrected chi connectivity index (χ1v) is 4.69. The molecule has 2 rings (SSSR count). The number of carbonyl (C=O) groups excluding carboxylic acids is 1. The van der Waals surface area contributed by atoms with E-state index in [9.17, 15) is 4.79 Å². The normalized spacial score (nSPS) is 21.6. The molecule has 1 aliphatic heterocycles. The first kappa shape index (κ1) is 9.21. The molecule has 0 aliphatic carbocycles. The maximum absolute atomic E-state index is 11.9. The third-order valence-electron chi connectivity index (χ3n) is 2.55. The van der Waals surface area contributed by atoms with Crippen LogP contribution in [0.1, 0.15) is 16.9 Å². The number of aryl methyl sites for hydroxylation is 1. The molecule has 2 heterocycles. The predicted octanol–water partition coefficient (Wildman–Crippen LogP) is -0.407. The lowest BCUT2D eigenvalue weighted by molar-refractivity contribution is 0.0781. The summed E-state index contributed by atoms with van der Waals surface area (Å²) in [5.74, 6) is 0.0259. The number of rotatable bonds is 1. The minimum absolute atomic E-state index is 0.0259. The van der Waals surface area contributed by atoms with Crippen molar-refractivity contribution in [2.24, 2.45) is 12.8 Å². The van der Waals surface area contributed by atoms with E-state index in [1.165, 1.54) is 0 Å². The third-order valence-corrected chi connectivity index (χ3v) is 2.55. The van der Waals surface area contributed by atoms with E-state index >= 15 is 0 Å². The van der Waals surface area contributed by atoms with Crippen LogP contribution in [0.2, 0.25) is 0 Å². The van der Waals surface area contributed by atoms with E-state index in [2.05, 4.69) is 4.98 Å². The smallest absolute Gasteiger partial charge is 0.272 e. The molecule has 0 saturated carbocycles. The molecule has 1 amide bonds. The minimum atomic E-state index is 0.0259. The van der Waals surface area contributed by atoms with Gasteiger partial charge in [0.2, 0.25) is 0 Å². The van der Waals surface area contributed by atoms with Crippen molar-refractivity contribution in [3.63, 3.8) is 0 Å². The summed E-state index contributed by atoms with van der Waals surface area (Å²) in [6.07, 6.45) is 4.11. The second-order valence-electron chi connectivity index (χ2n) is 3.69. The first-order valence-electron chi connectivity index (χ1n) is 4.69. The molecule has 1 atom stereocenters. The molecule has 5 heteroatoms. The molecule has 14 heavy (non-hydrogen) atoms. The van der Waals surface area contributed by atoms with Gasteiger partial charge in [-0.25, -0.2) is 4.98 Å². The zero-order chi connectivity index (χ0) is 10.1. The lowest BCUT2D eigenvalue weighted by Gasteiger charge is -2.15. The van der Waals surface area contributed by atoms with Gasteiger partial charge in [-0.05, 0) is 6.42 Å². The largest absolute Gasteiger partial charge is 0.336 e. The zero-order valence-corrected chi connectivity index (χ0v) is 8.18. The highest BCUT2D eigenvalue weighted by Crippen LogP contribution is 2.11. The molecule has 2 N–H and O–H groups in total. The van der Waals surface area contributed by atoms with E-state index in [4.69, 9.17) is 5.73 Å². The van der Waals surface area contributed by atoms with Crippen molar-refractivity contribution in [1.29, 1.82) is 0 Å². The molecule has 0 bridgehead atoms. The SMILES string of the molecule is Cn1cncc1C(=O)N1CCC(N)C1. The highest BCUT2D eigenvalue weighted by Gasteiger charge is 2.25. The zero-order valence-electron chi connectivity index (χ0n) is 8.18. The van der Waals surface area contributed by atoms with Gasteiger partial charge in [0.1, 0.15) is 5.69 Å². The summed E-state index contributed by atoms with van der Waals surface area (Å²) in [6.45, 7) is 1.41. The molecule has 1 unspecified atom stereocenters. The van der Waals surface area contributed by atoms with Crippen LogP contribution in [-0.4, -0.2) is 39.5 Å². The van der Waals surface area contributed by atoms with Crippen LogP contribution in [0.4, 0.5) is 0 Å². The standard InChI is InChI=1S/C9H14N4O/c1-12-6-11-4-8(12)9(14)13-3-2-7(10)5-13/h4,6-7H,2-3,5,10H2,1H3. The second-order valence-corrected chi connectivity index (χ2v) is 3.69. The number of likely N-dealkylation sites (tertiary alicyclic amines) is 1. The fourth-order valence-corrected chi connectivity index (χ4v) is 1.70. The predicted molar refractivity (Wildman–Crippen MR) is 51.7 cm³/mol. The Morgan fingerprint density at radius 2 is 2.50 bits per heavy atom. The maximum atomic E-state index is 11.9. The summed E-state index contributed by atoms with van der Waals surface area (Å²) in [5.41, 5.74) is 6.36. The first-order chi connectivity index (χ1) is 6.68. The van der Waals surface area contributed by atoms with Crippen molar-refractivity contribution < 1.29 is 4.79 Å². The number of aromatic nitrogens is 2. The molecule has 1 saturated heterocycles. The Morgan fingerprint density at radius 3 is 3.00 bits per heavy atom. The van der Waals surface area contributed by atoms with E-state index in [-0.39, 0.29) is 11.9 Å². The molecule has 1 aromatic heterocycles. The van der Waals surface area contributed by atoms with Crippen LogP contribution < -0.4 is 5.73 Å². The maximum Gasteiger partial charge on any atom is 0.272 e. The Morgan fingerprint density at radius 1 is 1.71 bits per heavy atom. The molecular formula is C9H14N4O. The van der Waals surface area contributed by atoms with Gasteiger partial charge in [0.25, 0.3) is 5.91 Å². The Hall–Kier alpha value is -1.36. The van der Waals surface area contributed by atoms with Crippen molar-refractivity contribution in [2.75, 3.05) is 13.1 Å². The molecule has 0 spiro atoms. The van der Waals surface area contributed by atoms with Crippen LogP contribution in [0.5, 0.6) is 0 Å². The molecule has 1 fully saturated rings. The molecule has 1 aromatic rings. The van der Waals surface area contributed by atoms with E-state index in [0.29, 0.717) is 12.2 Å². The highest BCUT2D eigenvalue weighted by atomic mass is 16.2. The fraction of sp³-hybridized carbons (Fsp3) is 0.556. The van der Waals surface area contributed by atoms with Gasteiger partial charge in [-0.2, -0.15) is 0 Å². The van der Waals surface area contributed by atoms with Gasteiger partial charge in [-0.15, -0.1) is 0 Å². The van der Waals surface area contributed by atoms with Crippen molar-refractivity contribution in [3.05, 3.63) is 18.2 Å². The number of carbonyl (C=O) groups is 1. The van der Waals surface area contributed by atoms with Gasteiger partial charge in [-0.1, -0.05) is 0 Å². The fourth-order valence-electron chi connectivity index (χ4n) is 1.70. The Labute approximate surface area is 82.5 Å². The number of hydrogen-bond donors (Lipinski definition) is 1. The number of amides is 1. The molecule has 0 radical (unpaired) electrons. The summed E-state index contributed by atoms with van der Waals surface area (Å²) >= 11 is 0. The average Bonchev–Trinajstić information content (AvgIpc) is 2.73. The van der Waals surface area contributed by atoms with Gasteiger partial charge >= 0.3 is 0 Å². The summed E-state index contributed by atoms with van der Waals surface area (Å²) in [4.78, 5) is 17.6. The summed E-state index contributed by atoms with van der Waals surface area (Å²) < 4.78 is 1.73. The monoisotopic (exact) mass is 194 g/mol.